The molecule has 0 saturated heterocycles. The number of anilines is 2. The first-order valence-corrected chi connectivity index (χ1v) is 11.1. The zero-order valence-corrected chi connectivity index (χ0v) is 18.2. The maximum atomic E-state index is 12.7. The third kappa shape index (κ3) is 5.56. The summed E-state index contributed by atoms with van der Waals surface area (Å²) in [5, 5.41) is 20.4. The van der Waals surface area contributed by atoms with Crippen molar-refractivity contribution < 1.29 is 23.1 Å². The molecule has 1 amide bonds. The summed E-state index contributed by atoms with van der Waals surface area (Å²) in [5.41, 5.74) is 1.63. The van der Waals surface area contributed by atoms with Gasteiger partial charge in [-0.05, 0) is 60.0 Å². The van der Waals surface area contributed by atoms with Gasteiger partial charge in [-0.15, -0.1) is 0 Å². The van der Waals surface area contributed by atoms with Crippen LogP contribution in [0.15, 0.2) is 71.6 Å². The van der Waals surface area contributed by atoms with Crippen LogP contribution in [0.5, 0.6) is 11.5 Å². The van der Waals surface area contributed by atoms with E-state index in [2.05, 4.69) is 10.0 Å². The molecule has 0 fully saturated rings. The number of nitrogens with one attached hydrogen (secondary N) is 2. The summed E-state index contributed by atoms with van der Waals surface area (Å²) in [6.07, 6.45) is -1.17. The van der Waals surface area contributed by atoms with Crippen molar-refractivity contribution in [1.29, 1.82) is 5.26 Å². The van der Waals surface area contributed by atoms with E-state index in [1.54, 1.807) is 24.3 Å². The third-order valence-corrected chi connectivity index (χ3v) is 5.94. The van der Waals surface area contributed by atoms with Crippen LogP contribution in [0.4, 0.5) is 16.2 Å². The number of rotatable bonds is 7. The Morgan fingerprint density at radius 2 is 1.62 bits per heavy atom. The van der Waals surface area contributed by atoms with Gasteiger partial charge in [0.05, 0.1) is 16.1 Å². The highest BCUT2D eigenvalue weighted by Crippen LogP contribution is 2.28. The average Bonchev–Trinajstić information content (AvgIpc) is 2.75. The van der Waals surface area contributed by atoms with E-state index in [-0.39, 0.29) is 22.1 Å². The van der Waals surface area contributed by atoms with Gasteiger partial charge in [0.1, 0.15) is 17.6 Å². The van der Waals surface area contributed by atoms with Crippen LogP contribution in [-0.4, -0.2) is 19.6 Å². The lowest BCUT2D eigenvalue weighted by Gasteiger charge is -2.12. The molecule has 0 aliphatic rings. The van der Waals surface area contributed by atoms with Gasteiger partial charge in [0, 0.05) is 11.8 Å². The molecule has 0 radical (unpaired) electrons. The van der Waals surface area contributed by atoms with E-state index < -0.39 is 16.1 Å². The molecule has 0 aromatic heterocycles. The van der Waals surface area contributed by atoms with Gasteiger partial charge in [-0.25, -0.2) is 13.2 Å². The van der Waals surface area contributed by atoms with Crippen molar-refractivity contribution in [3.63, 3.8) is 0 Å². The molecule has 3 N–H and O–H groups in total. The van der Waals surface area contributed by atoms with E-state index in [0.717, 1.165) is 5.56 Å². The molecule has 0 aliphatic heterocycles. The number of hydrogen-bond donors (Lipinski definition) is 3. The fraction of sp³-hybridized carbons (Fsp3) is 0.130. The van der Waals surface area contributed by atoms with Gasteiger partial charge in [0.25, 0.3) is 10.0 Å². The molecule has 0 saturated carbocycles. The van der Waals surface area contributed by atoms with E-state index in [0.29, 0.717) is 17.2 Å². The number of benzene rings is 3. The fourth-order valence-electron chi connectivity index (χ4n) is 2.87. The highest BCUT2D eigenvalue weighted by molar-refractivity contribution is 7.92. The Morgan fingerprint density at radius 1 is 1.00 bits per heavy atom. The van der Waals surface area contributed by atoms with Crippen LogP contribution in [0, 0.1) is 11.3 Å². The maximum Gasteiger partial charge on any atom is 0.409 e. The molecular formula is C23H21N3O5S. The number of amides is 1. The Balaban J connectivity index is 1.77. The van der Waals surface area contributed by atoms with Crippen LogP contribution in [0.25, 0.3) is 0 Å². The lowest BCUT2D eigenvalue weighted by Crippen LogP contribution is -2.14. The van der Waals surface area contributed by atoms with Gasteiger partial charge in [-0.2, -0.15) is 5.26 Å². The normalized spacial score (nSPS) is 10.9. The predicted octanol–water partition coefficient (Wildman–Crippen LogP) is 5.36. The molecule has 3 rings (SSSR count). The number of carbonyl (C=O) groups is 1. The van der Waals surface area contributed by atoms with Crippen molar-refractivity contribution in [1.82, 2.24) is 0 Å². The second-order valence-electron chi connectivity index (χ2n) is 7.21. The van der Waals surface area contributed by atoms with Gasteiger partial charge in [-0.1, -0.05) is 26.0 Å². The molecule has 3 aromatic rings. The lowest BCUT2D eigenvalue weighted by molar-refractivity contribution is 0.209. The van der Waals surface area contributed by atoms with Gasteiger partial charge in [-0.3, -0.25) is 10.0 Å². The standard InChI is InChI=1S/C23H21N3O5S/c1-15(2)16-3-10-21(11-4-16)32(29,30)26-22-12-9-20(13-17(22)14-24)31-19-7-5-18(6-8-19)25-23(27)28/h3-13,15,25-26H,1-2H3,(H,27,28). The number of hydrogen-bond acceptors (Lipinski definition) is 5. The SMILES string of the molecule is CC(C)c1ccc(S(=O)(=O)Nc2ccc(Oc3ccc(NC(=O)O)cc3)cc2C#N)cc1. The summed E-state index contributed by atoms with van der Waals surface area (Å²) in [7, 11) is -3.87. The van der Waals surface area contributed by atoms with E-state index in [1.165, 1.54) is 42.5 Å². The monoisotopic (exact) mass is 451 g/mol. The molecular weight excluding hydrogens is 430 g/mol. The number of sulfonamides is 1. The fourth-order valence-corrected chi connectivity index (χ4v) is 3.95. The number of ether oxygens (including phenoxy) is 1. The van der Waals surface area contributed by atoms with Gasteiger partial charge in [0.2, 0.25) is 0 Å². The summed E-state index contributed by atoms with van der Waals surface area (Å²) < 4.78 is 33.6. The summed E-state index contributed by atoms with van der Waals surface area (Å²) in [6, 6.07) is 19.1. The molecule has 0 bridgehead atoms. The van der Waals surface area contributed by atoms with Crippen molar-refractivity contribution in [2.75, 3.05) is 10.0 Å². The second kappa shape index (κ2) is 9.41. The minimum atomic E-state index is -3.87. The van der Waals surface area contributed by atoms with E-state index in [4.69, 9.17) is 9.84 Å². The van der Waals surface area contributed by atoms with Crippen LogP contribution in [0.3, 0.4) is 0 Å². The van der Waals surface area contributed by atoms with Crippen molar-refractivity contribution in [2.24, 2.45) is 0 Å². The minimum Gasteiger partial charge on any atom is -0.465 e. The van der Waals surface area contributed by atoms with Crippen LogP contribution in [0.2, 0.25) is 0 Å². The summed E-state index contributed by atoms with van der Waals surface area (Å²) >= 11 is 0. The molecule has 3 aromatic carbocycles. The molecule has 0 heterocycles. The summed E-state index contributed by atoms with van der Waals surface area (Å²) in [4.78, 5) is 10.8. The number of nitriles is 1. The first-order valence-electron chi connectivity index (χ1n) is 9.63. The zero-order chi connectivity index (χ0) is 23.3. The quantitative estimate of drug-likeness (QED) is 0.443. The van der Waals surface area contributed by atoms with Crippen LogP contribution >= 0.6 is 0 Å². The van der Waals surface area contributed by atoms with Crippen molar-refractivity contribution in [3.05, 3.63) is 77.9 Å². The predicted molar refractivity (Wildman–Crippen MR) is 121 cm³/mol. The Hall–Kier alpha value is -4.03. The molecule has 32 heavy (non-hydrogen) atoms. The molecule has 9 heteroatoms. The Morgan fingerprint density at radius 3 is 2.19 bits per heavy atom. The van der Waals surface area contributed by atoms with Crippen molar-refractivity contribution >= 4 is 27.5 Å². The maximum absolute atomic E-state index is 12.7. The lowest BCUT2D eigenvalue weighted by atomic mass is 10.0. The Bertz CT molecular complexity index is 1260. The van der Waals surface area contributed by atoms with E-state index in [9.17, 15) is 18.5 Å². The average molecular weight is 452 g/mol. The molecule has 0 atom stereocenters. The minimum absolute atomic E-state index is 0.0917. The first-order chi connectivity index (χ1) is 15.2. The Kier molecular flexibility index (Phi) is 6.66. The van der Waals surface area contributed by atoms with E-state index >= 15 is 0 Å². The highest BCUT2D eigenvalue weighted by atomic mass is 32.2. The second-order valence-corrected chi connectivity index (χ2v) is 8.89. The number of carboxylic acid groups (broad SMARTS) is 1. The van der Waals surface area contributed by atoms with Crippen molar-refractivity contribution in [2.45, 2.75) is 24.7 Å². The van der Waals surface area contributed by atoms with Crippen molar-refractivity contribution in [3.8, 4) is 17.6 Å². The van der Waals surface area contributed by atoms with E-state index in [1.807, 2.05) is 19.9 Å². The highest BCUT2D eigenvalue weighted by Gasteiger charge is 2.17. The van der Waals surface area contributed by atoms with Crippen LogP contribution in [-0.2, 0) is 10.0 Å². The molecule has 8 nitrogen and oxygen atoms in total. The smallest absolute Gasteiger partial charge is 0.409 e. The summed E-state index contributed by atoms with van der Waals surface area (Å²) in [5.74, 6) is 1.02. The first kappa shape index (κ1) is 22.7. The van der Waals surface area contributed by atoms with Crippen LogP contribution < -0.4 is 14.8 Å². The molecule has 0 spiro atoms. The largest absolute Gasteiger partial charge is 0.465 e. The van der Waals surface area contributed by atoms with Gasteiger partial charge >= 0.3 is 6.09 Å². The summed E-state index contributed by atoms with van der Waals surface area (Å²) in [6.45, 7) is 4.04. The number of nitrogens with zero attached hydrogens (tertiary/aromatic N) is 1. The van der Waals surface area contributed by atoms with Gasteiger partial charge < -0.3 is 9.84 Å². The topological polar surface area (TPSA) is 129 Å². The van der Waals surface area contributed by atoms with Crippen LogP contribution in [0.1, 0.15) is 30.9 Å². The molecule has 0 aliphatic carbocycles. The zero-order valence-electron chi connectivity index (χ0n) is 17.4. The molecule has 0 unspecified atom stereocenters. The third-order valence-electron chi connectivity index (χ3n) is 4.55. The van der Waals surface area contributed by atoms with Gasteiger partial charge in [0.15, 0.2) is 0 Å². The Labute approximate surface area is 186 Å². The molecule has 164 valence electrons.